The molecule has 0 spiro atoms. The van der Waals surface area contributed by atoms with Crippen molar-refractivity contribution in [2.24, 2.45) is 0 Å². The van der Waals surface area contributed by atoms with Crippen molar-refractivity contribution in [3.63, 3.8) is 0 Å². The molecule has 5 heteroatoms. The molecule has 0 bridgehead atoms. The fourth-order valence-corrected chi connectivity index (χ4v) is 1.11. The number of hydrogen-bond donors (Lipinski definition) is 1. The zero-order valence-corrected chi connectivity index (χ0v) is 8.06. The average molecular weight is 196 g/mol. The Bertz CT molecular complexity index is 397. The highest BCUT2D eigenvalue weighted by molar-refractivity contribution is 5.73. The van der Waals surface area contributed by atoms with Gasteiger partial charge in [-0.05, 0) is 13.0 Å². The topological polar surface area (TPSA) is 74.3 Å². The summed E-state index contributed by atoms with van der Waals surface area (Å²) in [6, 6.07) is 2.15. The van der Waals surface area contributed by atoms with Crippen LogP contribution in [-0.2, 0) is 9.53 Å². The van der Waals surface area contributed by atoms with Crippen LogP contribution in [0.15, 0.2) is 23.1 Å². The molecule has 1 atom stereocenters. The number of rotatable bonds is 2. The average Bonchev–Trinajstić information content (AvgIpc) is 2.19. The van der Waals surface area contributed by atoms with Crippen molar-refractivity contribution in [2.75, 3.05) is 12.8 Å². The van der Waals surface area contributed by atoms with Crippen molar-refractivity contribution in [3.8, 4) is 0 Å². The number of esters is 1. The van der Waals surface area contributed by atoms with Crippen molar-refractivity contribution in [2.45, 2.75) is 13.0 Å². The normalized spacial score (nSPS) is 12.1. The molecule has 5 nitrogen and oxygen atoms in total. The highest BCUT2D eigenvalue weighted by Crippen LogP contribution is 2.06. The van der Waals surface area contributed by atoms with Crippen molar-refractivity contribution < 1.29 is 9.53 Å². The second-order valence-corrected chi connectivity index (χ2v) is 2.91. The van der Waals surface area contributed by atoms with E-state index in [4.69, 9.17) is 5.73 Å². The van der Waals surface area contributed by atoms with Gasteiger partial charge in [-0.3, -0.25) is 9.36 Å². The number of pyridine rings is 1. The maximum absolute atomic E-state index is 11.3. The maximum atomic E-state index is 11.3. The van der Waals surface area contributed by atoms with Gasteiger partial charge in [0.15, 0.2) is 0 Å². The lowest BCUT2D eigenvalue weighted by Crippen LogP contribution is -2.28. The molecule has 0 amide bonds. The number of anilines is 1. The number of carbonyl (C=O) groups excluding carboxylic acids is 1. The zero-order valence-electron chi connectivity index (χ0n) is 8.06. The van der Waals surface area contributed by atoms with Crippen LogP contribution in [0.25, 0.3) is 0 Å². The number of nitrogen functional groups attached to an aromatic ring is 1. The summed E-state index contributed by atoms with van der Waals surface area (Å²) in [5.41, 5.74) is 5.65. The first-order chi connectivity index (χ1) is 6.56. The minimum absolute atomic E-state index is 0.280. The Balaban J connectivity index is 3.12. The summed E-state index contributed by atoms with van der Waals surface area (Å²) >= 11 is 0. The smallest absolute Gasteiger partial charge is 0.328 e. The molecule has 1 unspecified atom stereocenters. The second kappa shape index (κ2) is 3.95. The number of hydrogen-bond acceptors (Lipinski definition) is 4. The third kappa shape index (κ3) is 1.93. The van der Waals surface area contributed by atoms with E-state index in [1.165, 1.54) is 30.0 Å². The van der Waals surface area contributed by atoms with Crippen LogP contribution in [0.5, 0.6) is 0 Å². The molecule has 0 aliphatic rings. The Kier molecular flexibility index (Phi) is 2.91. The predicted octanol–water partition coefficient (Wildman–Crippen LogP) is 0.164. The largest absolute Gasteiger partial charge is 0.467 e. The first-order valence-corrected chi connectivity index (χ1v) is 4.11. The van der Waals surface area contributed by atoms with E-state index in [1.54, 1.807) is 6.92 Å². The summed E-state index contributed by atoms with van der Waals surface area (Å²) < 4.78 is 5.76. The molecule has 2 N–H and O–H groups in total. The fourth-order valence-electron chi connectivity index (χ4n) is 1.11. The zero-order chi connectivity index (χ0) is 10.7. The van der Waals surface area contributed by atoms with Gasteiger partial charge < -0.3 is 10.5 Å². The Morgan fingerprint density at radius 3 is 2.79 bits per heavy atom. The van der Waals surface area contributed by atoms with E-state index < -0.39 is 12.0 Å². The molecule has 0 saturated heterocycles. The van der Waals surface area contributed by atoms with Crippen molar-refractivity contribution >= 4 is 11.7 Å². The molecule has 0 radical (unpaired) electrons. The Morgan fingerprint density at radius 2 is 2.21 bits per heavy atom. The number of ether oxygens (including phenoxy) is 1. The van der Waals surface area contributed by atoms with Crippen LogP contribution < -0.4 is 11.3 Å². The van der Waals surface area contributed by atoms with Crippen LogP contribution in [0.3, 0.4) is 0 Å². The molecule has 76 valence electrons. The summed E-state index contributed by atoms with van der Waals surface area (Å²) in [6.07, 6.45) is 1.42. The molecule has 0 aromatic carbocycles. The molecule has 1 aromatic rings. The third-order valence-electron chi connectivity index (χ3n) is 1.92. The van der Waals surface area contributed by atoms with Crippen LogP contribution in [0, 0.1) is 0 Å². The van der Waals surface area contributed by atoms with Gasteiger partial charge in [0.25, 0.3) is 5.56 Å². The molecule has 0 fully saturated rings. The van der Waals surface area contributed by atoms with Gasteiger partial charge in [-0.25, -0.2) is 4.79 Å². The van der Waals surface area contributed by atoms with Crippen LogP contribution >= 0.6 is 0 Å². The first kappa shape index (κ1) is 10.3. The molecule has 0 aliphatic carbocycles. The van der Waals surface area contributed by atoms with E-state index in [0.29, 0.717) is 5.69 Å². The van der Waals surface area contributed by atoms with E-state index in [2.05, 4.69) is 4.74 Å². The third-order valence-corrected chi connectivity index (χ3v) is 1.92. The second-order valence-electron chi connectivity index (χ2n) is 2.91. The van der Waals surface area contributed by atoms with Crippen LogP contribution in [-0.4, -0.2) is 17.6 Å². The predicted molar refractivity (Wildman–Crippen MR) is 51.8 cm³/mol. The van der Waals surface area contributed by atoms with Gasteiger partial charge in [0.05, 0.1) is 7.11 Å². The summed E-state index contributed by atoms with van der Waals surface area (Å²) in [5.74, 6) is -0.474. The quantitative estimate of drug-likeness (QED) is 0.684. The molecule has 1 rings (SSSR count). The van der Waals surface area contributed by atoms with Crippen molar-refractivity contribution in [1.82, 2.24) is 4.57 Å². The van der Waals surface area contributed by atoms with Crippen LogP contribution in [0.4, 0.5) is 5.69 Å². The number of nitrogens with two attached hydrogens (primary N) is 1. The van der Waals surface area contributed by atoms with E-state index in [-0.39, 0.29) is 5.56 Å². The Morgan fingerprint density at radius 1 is 1.57 bits per heavy atom. The van der Waals surface area contributed by atoms with Crippen molar-refractivity contribution in [3.05, 3.63) is 28.7 Å². The lowest BCUT2D eigenvalue weighted by Gasteiger charge is -2.12. The Labute approximate surface area is 81.1 Å². The summed E-state index contributed by atoms with van der Waals surface area (Å²) in [5, 5.41) is 0. The monoisotopic (exact) mass is 196 g/mol. The van der Waals surface area contributed by atoms with Crippen LogP contribution in [0.2, 0.25) is 0 Å². The van der Waals surface area contributed by atoms with E-state index >= 15 is 0 Å². The van der Waals surface area contributed by atoms with Gasteiger partial charge in [-0.1, -0.05) is 0 Å². The van der Waals surface area contributed by atoms with Gasteiger partial charge >= 0.3 is 5.97 Å². The fraction of sp³-hybridized carbons (Fsp3) is 0.333. The molecule has 0 saturated carbocycles. The van der Waals surface area contributed by atoms with Gasteiger partial charge in [-0.15, -0.1) is 0 Å². The van der Waals surface area contributed by atoms with E-state index in [0.717, 1.165) is 0 Å². The molecular formula is C9H12N2O3. The SMILES string of the molecule is COC(=O)C(C)n1cc(N)ccc1=O. The van der Waals surface area contributed by atoms with Crippen LogP contribution in [0.1, 0.15) is 13.0 Å². The molecule has 1 aromatic heterocycles. The minimum Gasteiger partial charge on any atom is -0.467 e. The number of methoxy groups -OCH3 is 1. The molecule has 0 aliphatic heterocycles. The van der Waals surface area contributed by atoms with Gasteiger partial charge in [0, 0.05) is 18.0 Å². The summed E-state index contributed by atoms with van der Waals surface area (Å²) in [4.78, 5) is 22.5. The van der Waals surface area contributed by atoms with E-state index in [9.17, 15) is 9.59 Å². The molecular weight excluding hydrogens is 184 g/mol. The maximum Gasteiger partial charge on any atom is 0.328 e. The highest BCUT2D eigenvalue weighted by Gasteiger charge is 2.15. The lowest BCUT2D eigenvalue weighted by molar-refractivity contribution is -0.144. The van der Waals surface area contributed by atoms with Gasteiger partial charge in [0.1, 0.15) is 6.04 Å². The number of carbonyl (C=O) groups is 1. The Hall–Kier alpha value is -1.78. The standard InChI is InChI=1S/C9H12N2O3/c1-6(9(13)14-2)11-5-7(10)3-4-8(11)12/h3-6H,10H2,1-2H3. The molecule has 14 heavy (non-hydrogen) atoms. The first-order valence-electron chi connectivity index (χ1n) is 4.11. The van der Waals surface area contributed by atoms with Gasteiger partial charge in [-0.2, -0.15) is 0 Å². The van der Waals surface area contributed by atoms with Crippen molar-refractivity contribution in [1.29, 1.82) is 0 Å². The lowest BCUT2D eigenvalue weighted by atomic mass is 10.3. The number of aromatic nitrogens is 1. The minimum atomic E-state index is -0.656. The summed E-state index contributed by atoms with van der Waals surface area (Å²) in [7, 11) is 1.27. The highest BCUT2D eigenvalue weighted by atomic mass is 16.5. The molecule has 1 heterocycles. The number of nitrogens with zero attached hydrogens (tertiary/aromatic N) is 1. The van der Waals surface area contributed by atoms with Gasteiger partial charge in [0.2, 0.25) is 0 Å². The van der Waals surface area contributed by atoms with E-state index in [1.807, 2.05) is 0 Å². The summed E-state index contributed by atoms with van der Waals surface area (Å²) in [6.45, 7) is 1.58.